The Kier molecular flexibility index (Phi) is 5.28. The zero-order valence-electron chi connectivity index (χ0n) is 12.2. The van der Waals surface area contributed by atoms with Crippen LogP contribution in [0.5, 0.6) is 0 Å². The highest BCUT2D eigenvalue weighted by Crippen LogP contribution is 2.22. The van der Waals surface area contributed by atoms with Crippen LogP contribution in [0.25, 0.3) is 0 Å². The molecule has 3 heteroatoms. The van der Waals surface area contributed by atoms with E-state index in [0.29, 0.717) is 13.0 Å². The van der Waals surface area contributed by atoms with E-state index < -0.39 is 0 Å². The monoisotopic (exact) mass is 261 g/mol. The largest absolute Gasteiger partial charge is 0.355 e. The Bertz CT molecular complexity index is 446. The van der Waals surface area contributed by atoms with Crippen LogP contribution >= 0.6 is 0 Å². The topological polar surface area (TPSA) is 46.2 Å². The van der Waals surface area contributed by atoms with Gasteiger partial charge in [0.25, 0.3) is 0 Å². The highest BCUT2D eigenvalue weighted by atomic mass is 16.2. The van der Waals surface area contributed by atoms with E-state index in [1.54, 1.807) is 0 Å². The normalized spacial score (nSPS) is 11.2. The molecule has 1 aromatic carbocycles. The van der Waals surface area contributed by atoms with Crippen LogP contribution in [0.2, 0.25) is 0 Å². The van der Waals surface area contributed by atoms with E-state index in [1.807, 2.05) is 0 Å². The summed E-state index contributed by atoms with van der Waals surface area (Å²) in [6, 6.07) is 8.34. The van der Waals surface area contributed by atoms with Crippen LogP contribution in [0.3, 0.4) is 0 Å². The van der Waals surface area contributed by atoms with Crippen molar-refractivity contribution in [3.8, 4) is 0 Å². The third-order valence-electron chi connectivity index (χ3n) is 3.26. The predicted molar refractivity (Wildman–Crippen MR) is 77.1 cm³/mol. The average Bonchev–Trinajstić information content (AvgIpc) is 2.34. The third kappa shape index (κ3) is 5.25. The van der Waals surface area contributed by atoms with Gasteiger partial charge in [-0.05, 0) is 19.4 Å². The molecule has 0 aliphatic rings. The van der Waals surface area contributed by atoms with Crippen LogP contribution in [0, 0.1) is 6.92 Å². The highest BCUT2D eigenvalue weighted by Gasteiger charge is 2.21. The molecule has 0 radical (unpaired) electrons. The number of hydrogen-bond acceptors (Lipinski definition) is 2. The van der Waals surface area contributed by atoms with E-state index in [0.717, 1.165) is 0 Å². The lowest BCUT2D eigenvalue weighted by atomic mass is 9.84. The van der Waals surface area contributed by atoms with Crippen molar-refractivity contribution in [3.05, 3.63) is 35.4 Å². The summed E-state index contributed by atoms with van der Waals surface area (Å²) in [5.41, 5.74) is 2.31. The van der Waals surface area contributed by atoms with E-state index in [2.05, 4.69) is 50.4 Å². The molecule has 19 heavy (non-hydrogen) atoms. The molecule has 1 N–H and O–H groups in total. The predicted octanol–water partition coefficient (Wildman–Crippen LogP) is 2.76. The van der Waals surface area contributed by atoms with Gasteiger partial charge in [-0.1, -0.05) is 43.7 Å². The fourth-order valence-corrected chi connectivity index (χ4v) is 1.80. The maximum absolute atomic E-state index is 11.6. The van der Waals surface area contributed by atoms with Crippen LogP contribution in [0.4, 0.5) is 0 Å². The van der Waals surface area contributed by atoms with Crippen LogP contribution in [0.15, 0.2) is 24.3 Å². The van der Waals surface area contributed by atoms with Gasteiger partial charge < -0.3 is 10.1 Å². The van der Waals surface area contributed by atoms with Gasteiger partial charge >= 0.3 is 0 Å². The van der Waals surface area contributed by atoms with Gasteiger partial charge in [0.1, 0.15) is 5.78 Å². The van der Waals surface area contributed by atoms with Gasteiger partial charge in [-0.3, -0.25) is 4.79 Å². The Morgan fingerprint density at radius 3 is 2.21 bits per heavy atom. The smallest absolute Gasteiger partial charge is 0.220 e. The summed E-state index contributed by atoms with van der Waals surface area (Å²) in [5, 5.41) is 2.90. The minimum absolute atomic E-state index is 0.0490. The summed E-state index contributed by atoms with van der Waals surface area (Å²) in [6.07, 6.45) is 0.593. The van der Waals surface area contributed by atoms with E-state index in [-0.39, 0.29) is 23.5 Å². The molecule has 0 saturated heterocycles. The molecule has 1 aromatic rings. The second kappa shape index (κ2) is 6.50. The van der Waals surface area contributed by atoms with Crippen LogP contribution in [0.1, 0.15) is 44.7 Å². The fourth-order valence-electron chi connectivity index (χ4n) is 1.80. The van der Waals surface area contributed by atoms with Gasteiger partial charge in [0.2, 0.25) is 5.91 Å². The summed E-state index contributed by atoms with van der Waals surface area (Å²) < 4.78 is 0. The third-order valence-corrected chi connectivity index (χ3v) is 3.26. The lowest BCUT2D eigenvalue weighted by molar-refractivity contribution is -0.124. The number of Topliss-reactive ketones (excluding diaryl/α,β-unsaturated/α-hetero) is 1. The number of ketones is 1. The molecule has 104 valence electrons. The van der Waals surface area contributed by atoms with E-state index in [1.165, 1.54) is 18.1 Å². The van der Waals surface area contributed by atoms with Crippen molar-refractivity contribution in [3.63, 3.8) is 0 Å². The molecule has 0 aliphatic heterocycles. The Morgan fingerprint density at radius 1 is 1.11 bits per heavy atom. The first kappa shape index (κ1) is 15.4. The zero-order valence-corrected chi connectivity index (χ0v) is 12.2. The first-order chi connectivity index (χ1) is 8.81. The second-order valence-corrected chi connectivity index (χ2v) is 5.73. The standard InChI is InChI=1S/C16H23NO2/c1-12-5-8-14(9-6-12)16(3,4)11-17-15(19)10-7-13(2)18/h5-6,8-9H,7,10-11H2,1-4H3,(H,17,19). The first-order valence-corrected chi connectivity index (χ1v) is 6.64. The lowest BCUT2D eigenvalue weighted by Crippen LogP contribution is -2.36. The molecule has 1 amide bonds. The lowest BCUT2D eigenvalue weighted by Gasteiger charge is -2.25. The first-order valence-electron chi connectivity index (χ1n) is 6.64. The van der Waals surface area contributed by atoms with Crippen LogP contribution in [-0.2, 0) is 15.0 Å². The van der Waals surface area contributed by atoms with Gasteiger partial charge in [0.15, 0.2) is 0 Å². The molecule has 0 bridgehead atoms. The fraction of sp³-hybridized carbons (Fsp3) is 0.500. The number of amides is 1. The molecule has 0 heterocycles. The van der Waals surface area contributed by atoms with Crippen LogP contribution < -0.4 is 5.32 Å². The number of nitrogens with one attached hydrogen (secondary N) is 1. The Hall–Kier alpha value is -1.64. The van der Waals surface area contributed by atoms with Gasteiger partial charge in [-0.15, -0.1) is 0 Å². The zero-order chi connectivity index (χ0) is 14.5. The summed E-state index contributed by atoms with van der Waals surface area (Å²) in [6.45, 7) is 8.34. The Labute approximate surface area is 115 Å². The Morgan fingerprint density at radius 2 is 1.68 bits per heavy atom. The SMILES string of the molecule is CC(=O)CCC(=O)NCC(C)(C)c1ccc(C)cc1. The number of carbonyl (C=O) groups excluding carboxylic acids is 2. The average molecular weight is 261 g/mol. The number of aryl methyl sites for hydroxylation is 1. The van der Waals surface area contributed by atoms with Crippen molar-refractivity contribution in [2.45, 2.75) is 46.0 Å². The number of rotatable bonds is 6. The van der Waals surface area contributed by atoms with Crippen molar-refractivity contribution < 1.29 is 9.59 Å². The van der Waals surface area contributed by atoms with E-state index >= 15 is 0 Å². The molecular weight excluding hydrogens is 238 g/mol. The van der Waals surface area contributed by atoms with Gasteiger partial charge in [-0.2, -0.15) is 0 Å². The second-order valence-electron chi connectivity index (χ2n) is 5.73. The molecule has 3 nitrogen and oxygen atoms in total. The van der Waals surface area contributed by atoms with Crippen LogP contribution in [-0.4, -0.2) is 18.2 Å². The molecule has 0 unspecified atom stereocenters. The molecule has 0 aliphatic carbocycles. The van der Waals surface area contributed by atoms with Crippen molar-refractivity contribution >= 4 is 11.7 Å². The maximum atomic E-state index is 11.6. The highest BCUT2D eigenvalue weighted by molar-refractivity contribution is 5.83. The number of carbonyl (C=O) groups is 2. The molecule has 0 atom stereocenters. The van der Waals surface area contributed by atoms with Crippen molar-refractivity contribution in [2.75, 3.05) is 6.54 Å². The molecule has 0 aromatic heterocycles. The number of hydrogen-bond donors (Lipinski definition) is 1. The van der Waals surface area contributed by atoms with Crippen molar-refractivity contribution in [1.82, 2.24) is 5.32 Å². The summed E-state index contributed by atoms with van der Waals surface area (Å²) in [4.78, 5) is 22.4. The van der Waals surface area contributed by atoms with Crippen molar-refractivity contribution in [2.24, 2.45) is 0 Å². The maximum Gasteiger partial charge on any atom is 0.220 e. The van der Waals surface area contributed by atoms with E-state index in [4.69, 9.17) is 0 Å². The summed E-state index contributed by atoms with van der Waals surface area (Å²) in [5.74, 6) is -0.0108. The van der Waals surface area contributed by atoms with E-state index in [9.17, 15) is 9.59 Å². The minimum Gasteiger partial charge on any atom is -0.355 e. The molecular formula is C16H23NO2. The van der Waals surface area contributed by atoms with Crippen molar-refractivity contribution in [1.29, 1.82) is 0 Å². The summed E-state index contributed by atoms with van der Waals surface area (Å²) >= 11 is 0. The number of benzene rings is 1. The summed E-state index contributed by atoms with van der Waals surface area (Å²) in [7, 11) is 0. The van der Waals surface area contributed by atoms with Gasteiger partial charge in [-0.25, -0.2) is 0 Å². The molecule has 0 spiro atoms. The molecule has 0 saturated carbocycles. The van der Waals surface area contributed by atoms with Gasteiger partial charge in [0, 0.05) is 24.8 Å². The minimum atomic E-state index is -0.112. The van der Waals surface area contributed by atoms with Gasteiger partial charge in [0.05, 0.1) is 0 Å². The Balaban J connectivity index is 2.53. The molecule has 1 rings (SSSR count). The molecule has 0 fully saturated rings. The quantitative estimate of drug-likeness (QED) is 0.856.